The molecule has 0 atom stereocenters. The van der Waals surface area contributed by atoms with Crippen molar-refractivity contribution in [3.05, 3.63) is 22.4 Å². The normalized spacial score (nSPS) is 15.4. The van der Waals surface area contributed by atoms with Crippen molar-refractivity contribution < 1.29 is 47.5 Å². The number of hydrogen-bond acceptors (Lipinski definition) is 11. The molecule has 0 unspecified atom stereocenters. The van der Waals surface area contributed by atoms with Crippen molar-refractivity contribution in [2.24, 2.45) is 0 Å². The second-order valence-electron chi connectivity index (χ2n) is 6.09. The Morgan fingerprint density at radius 3 is 2.07 bits per heavy atom. The van der Waals surface area contributed by atoms with Gasteiger partial charge in [0.05, 0.1) is 58.9 Å². The van der Waals surface area contributed by atoms with E-state index in [0.29, 0.717) is 5.56 Å². The maximum absolute atomic E-state index is 12.6. The molecule has 3 rings (SSSR count). The van der Waals surface area contributed by atoms with E-state index in [0.717, 1.165) is 0 Å². The second-order valence-corrected chi connectivity index (χ2v) is 6.09. The molecule has 0 N–H and O–H groups in total. The van der Waals surface area contributed by atoms with Crippen molar-refractivity contribution >= 4 is 23.6 Å². The molecule has 0 saturated heterocycles. The molecule has 0 aliphatic carbocycles. The van der Waals surface area contributed by atoms with Gasteiger partial charge in [-0.25, -0.2) is 14.4 Å². The molecule has 162 valence electrons. The number of carbonyl (C=O) groups is 3. The summed E-state index contributed by atoms with van der Waals surface area (Å²) in [5.41, 5.74) is 0.398. The number of hydrogen-bond donors (Lipinski definition) is 0. The summed E-state index contributed by atoms with van der Waals surface area (Å²) in [7, 11) is 6.52. The predicted octanol–water partition coefficient (Wildman–Crippen LogP) is 0.777. The van der Waals surface area contributed by atoms with Crippen LogP contribution in [0, 0.1) is 0 Å². The highest BCUT2D eigenvalue weighted by Crippen LogP contribution is 2.53. The van der Waals surface area contributed by atoms with E-state index in [-0.39, 0.29) is 59.7 Å². The number of methoxy groups -OCH3 is 5. The molecule has 1 aromatic carbocycles. The minimum Gasteiger partial charge on any atom is -0.492 e. The zero-order chi connectivity index (χ0) is 22.0. The lowest BCUT2D eigenvalue weighted by Gasteiger charge is -2.33. The van der Waals surface area contributed by atoms with Crippen molar-refractivity contribution in [1.82, 2.24) is 0 Å². The van der Waals surface area contributed by atoms with Gasteiger partial charge in [-0.1, -0.05) is 0 Å². The van der Waals surface area contributed by atoms with Gasteiger partial charge in [0.25, 0.3) is 0 Å². The van der Waals surface area contributed by atoms with Crippen LogP contribution in [0.5, 0.6) is 17.2 Å². The first-order valence-corrected chi connectivity index (χ1v) is 8.71. The standard InChI is InChI=1S/C19H21NO10/c1-24-14-9-7-30-18(22)11(9)13(15(25-2)16(14)26-3)20-8-29-6-10(17(21)27-4)12(20)19(23)28-5/h6-8H2,1-5H3. The predicted molar refractivity (Wildman–Crippen MR) is 99.6 cm³/mol. The van der Waals surface area contributed by atoms with Gasteiger partial charge in [-0.2, -0.15) is 0 Å². The zero-order valence-electron chi connectivity index (χ0n) is 17.2. The molecular weight excluding hydrogens is 402 g/mol. The van der Waals surface area contributed by atoms with Crippen molar-refractivity contribution in [3.8, 4) is 17.2 Å². The third kappa shape index (κ3) is 3.16. The molecule has 2 heterocycles. The second kappa shape index (κ2) is 8.49. The molecular formula is C19H21NO10. The quantitative estimate of drug-likeness (QED) is 0.477. The molecule has 0 bridgehead atoms. The minimum absolute atomic E-state index is 0.0689. The fraction of sp³-hybridized carbons (Fsp3) is 0.421. The summed E-state index contributed by atoms with van der Waals surface area (Å²) in [6, 6.07) is 0. The average Bonchev–Trinajstić information content (AvgIpc) is 3.16. The highest BCUT2D eigenvalue weighted by molar-refractivity contribution is 6.08. The maximum atomic E-state index is 12.6. The fourth-order valence-electron chi connectivity index (χ4n) is 3.45. The van der Waals surface area contributed by atoms with Crippen molar-refractivity contribution in [1.29, 1.82) is 0 Å². The lowest BCUT2D eigenvalue weighted by atomic mass is 10.0. The summed E-state index contributed by atoms with van der Waals surface area (Å²) < 4.78 is 36.7. The Morgan fingerprint density at radius 1 is 0.867 bits per heavy atom. The Morgan fingerprint density at radius 2 is 1.50 bits per heavy atom. The first-order valence-electron chi connectivity index (χ1n) is 8.71. The number of anilines is 1. The van der Waals surface area contributed by atoms with E-state index in [1.807, 2.05) is 0 Å². The van der Waals surface area contributed by atoms with Crippen LogP contribution in [0.15, 0.2) is 11.3 Å². The summed E-state index contributed by atoms with van der Waals surface area (Å²) in [5.74, 6) is -1.73. The molecule has 0 radical (unpaired) electrons. The number of fused-ring (bicyclic) bond motifs is 1. The molecule has 0 aromatic heterocycles. The Hall–Kier alpha value is -3.47. The molecule has 1 aromatic rings. The molecule has 0 amide bonds. The zero-order valence-corrected chi connectivity index (χ0v) is 17.2. The number of rotatable bonds is 6. The molecule has 2 aliphatic rings. The Bertz CT molecular complexity index is 936. The van der Waals surface area contributed by atoms with Gasteiger partial charge < -0.3 is 38.1 Å². The largest absolute Gasteiger partial charge is 0.492 e. The monoisotopic (exact) mass is 423 g/mol. The van der Waals surface area contributed by atoms with Crippen molar-refractivity contribution in [3.63, 3.8) is 0 Å². The van der Waals surface area contributed by atoms with Crippen LogP contribution < -0.4 is 19.1 Å². The number of carbonyl (C=O) groups excluding carboxylic acids is 3. The van der Waals surface area contributed by atoms with Crippen LogP contribution in [0.1, 0.15) is 15.9 Å². The highest BCUT2D eigenvalue weighted by Gasteiger charge is 2.42. The fourth-order valence-corrected chi connectivity index (χ4v) is 3.45. The van der Waals surface area contributed by atoms with Crippen molar-refractivity contribution in [2.75, 3.05) is 53.8 Å². The van der Waals surface area contributed by atoms with Gasteiger partial charge in [-0.05, 0) is 0 Å². The number of ether oxygens (including phenoxy) is 7. The van der Waals surface area contributed by atoms with E-state index < -0.39 is 17.9 Å². The Kier molecular flexibility index (Phi) is 6.01. The minimum atomic E-state index is -0.823. The molecule has 0 saturated carbocycles. The van der Waals surface area contributed by atoms with Crippen LogP contribution in [-0.2, 0) is 35.1 Å². The molecule has 0 spiro atoms. The van der Waals surface area contributed by atoms with Crippen molar-refractivity contribution in [2.45, 2.75) is 6.61 Å². The van der Waals surface area contributed by atoms with E-state index in [1.165, 1.54) is 40.4 Å². The van der Waals surface area contributed by atoms with Gasteiger partial charge in [0.1, 0.15) is 24.7 Å². The first kappa shape index (κ1) is 21.2. The topological polar surface area (TPSA) is 119 Å². The smallest absolute Gasteiger partial charge is 0.355 e. The number of cyclic esters (lactones) is 1. The van der Waals surface area contributed by atoms with E-state index in [2.05, 4.69) is 0 Å². The van der Waals surface area contributed by atoms with Crippen LogP contribution in [0.2, 0.25) is 0 Å². The van der Waals surface area contributed by atoms with Gasteiger partial charge in [0, 0.05) is 0 Å². The molecule has 30 heavy (non-hydrogen) atoms. The number of esters is 3. The Labute approximate surface area is 172 Å². The van der Waals surface area contributed by atoms with Crippen LogP contribution in [0.25, 0.3) is 0 Å². The summed E-state index contributed by atoms with van der Waals surface area (Å²) >= 11 is 0. The summed E-state index contributed by atoms with van der Waals surface area (Å²) in [6.45, 7) is -0.438. The number of nitrogens with zero attached hydrogens (tertiary/aromatic N) is 1. The summed E-state index contributed by atoms with van der Waals surface area (Å²) in [6.07, 6.45) is 0. The number of benzene rings is 1. The van der Waals surface area contributed by atoms with Crippen LogP contribution >= 0.6 is 0 Å². The van der Waals surface area contributed by atoms with Gasteiger partial charge in [0.15, 0.2) is 11.5 Å². The summed E-state index contributed by atoms with van der Waals surface area (Å²) in [4.78, 5) is 38.8. The average molecular weight is 423 g/mol. The van der Waals surface area contributed by atoms with Gasteiger partial charge >= 0.3 is 17.9 Å². The lowest BCUT2D eigenvalue weighted by molar-refractivity contribution is -0.140. The Balaban J connectivity index is 2.39. The van der Waals surface area contributed by atoms with Crippen LogP contribution in [-0.4, -0.2) is 66.8 Å². The molecule has 11 heteroatoms. The maximum Gasteiger partial charge on any atom is 0.355 e. The molecule has 0 fully saturated rings. The highest BCUT2D eigenvalue weighted by atomic mass is 16.6. The van der Waals surface area contributed by atoms with Gasteiger partial charge in [-0.15, -0.1) is 0 Å². The van der Waals surface area contributed by atoms with E-state index >= 15 is 0 Å². The SMILES string of the molecule is COC(=O)C1=C(C(=O)OC)N(c2c(OC)c(OC)c(OC)c3c2C(=O)OC3)COC1. The van der Waals surface area contributed by atoms with E-state index in [4.69, 9.17) is 33.2 Å². The van der Waals surface area contributed by atoms with Crippen LogP contribution in [0.4, 0.5) is 5.69 Å². The lowest BCUT2D eigenvalue weighted by Crippen LogP contribution is -2.39. The third-order valence-electron chi connectivity index (χ3n) is 4.71. The van der Waals surface area contributed by atoms with Gasteiger partial charge in [0.2, 0.25) is 5.75 Å². The third-order valence-corrected chi connectivity index (χ3v) is 4.71. The van der Waals surface area contributed by atoms with Gasteiger partial charge in [-0.3, -0.25) is 0 Å². The first-order chi connectivity index (χ1) is 14.4. The molecule has 11 nitrogen and oxygen atoms in total. The van der Waals surface area contributed by atoms with Crippen LogP contribution in [0.3, 0.4) is 0 Å². The summed E-state index contributed by atoms with van der Waals surface area (Å²) in [5, 5.41) is 0. The van der Waals surface area contributed by atoms with E-state index in [1.54, 1.807) is 0 Å². The van der Waals surface area contributed by atoms with E-state index in [9.17, 15) is 14.4 Å². The molecule has 2 aliphatic heterocycles.